The van der Waals surface area contributed by atoms with E-state index < -0.39 is 10.2 Å². The summed E-state index contributed by atoms with van der Waals surface area (Å²) in [7, 11) is -1.87. The Morgan fingerprint density at radius 1 is 1.53 bits per heavy atom. The minimum Gasteiger partial charge on any atom is -0.469 e. The Bertz CT molecular complexity index is 402. The van der Waals surface area contributed by atoms with Crippen LogP contribution in [0.15, 0.2) is 22.8 Å². The molecule has 0 aromatic carbocycles. The summed E-state index contributed by atoms with van der Waals surface area (Å²) in [5, 5.41) is 0. The number of rotatable bonds is 8. The minimum absolute atomic E-state index is 0.322. The molecule has 1 aromatic heterocycles. The van der Waals surface area contributed by atoms with Gasteiger partial charge in [0.15, 0.2) is 0 Å². The van der Waals surface area contributed by atoms with Gasteiger partial charge in [-0.05, 0) is 25.1 Å². The highest BCUT2D eigenvalue weighted by Gasteiger charge is 2.15. The number of furan rings is 1. The summed E-state index contributed by atoms with van der Waals surface area (Å²) in [6, 6.07) is 3.59. The van der Waals surface area contributed by atoms with Crippen molar-refractivity contribution >= 4 is 10.2 Å². The van der Waals surface area contributed by atoms with Crippen molar-refractivity contribution in [2.45, 2.75) is 12.8 Å². The Labute approximate surface area is 102 Å². The molecular weight excluding hydrogens is 242 g/mol. The smallest absolute Gasteiger partial charge is 0.279 e. The molecule has 0 bridgehead atoms. The van der Waals surface area contributed by atoms with E-state index in [2.05, 4.69) is 4.72 Å². The number of hydrogen-bond acceptors (Lipinski definition) is 4. The molecule has 0 spiro atoms. The molecule has 6 nitrogen and oxygen atoms in total. The zero-order chi connectivity index (χ0) is 12.7. The molecular formula is C10H19N3O3S. The molecule has 0 fully saturated rings. The van der Waals surface area contributed by atoms with Crippen LogP contribution in [-0.4, -0.2) is 39.4 Å². The summed E-state index contributed by atoms with van der Waals surface area (Å²) < 4.78 is 32.3. The fourth-order valence-electron chi connectivity index (χ4n) is 1.30. The maximum atomic E-state index is 11.7. The van der Waals surface area contributed by atoms with Crippen molar-refractivity contribution in [1.29, 1.82) is 0 Å². The van der Waals surface area contributed by atoms with Crippen LogP contribution in [0, 0.1) is 0 Å². The SMILES string of the molecule is CN(CCCN)S(=O)(=O)NCCc1ccco1. The maximum absolute atomic E-state index is 11.7. The average molecular weight is 261 g/mol. The van der Waals surface area contributed by atoms with Gasteiger partial charge in [0.1, 0.15) is 5.76 Å². The molecule has 98 valence electrons. The number of nitrogens with one attached hydrogen (secondary N) is 1. The van der Waals surface area contributed by atoms with Gasteiger partial charge < -0.3 is 10.2 Å². The third-order valence-electron chi connectivity index (χ3n) is 2.32. The monoisotopic (exact) mass is 261 g/mol. The van der Waals surface area contributed by atoms with Gasteiger partial charge in [-0.3, -0.25) is 0 Å². The summed E-state index contributed by atoms with van der Waals surface area (Å²) in [5.41, 5.74) is 5.33. The summed E-state index contributed by atoms with van der Waals surface area (Å²) >= 11 is 0. The van der Waals surface area contributed by atoms with Crippen LogP contribution in [0.1, 0.15) is 12.2 Å². The first-order chi connectivity index (χ1) is 8.06. The van der Waals surface area contributed by atoms with Gasteiger partial charge in [0.05, 0.1) is 6.26 Å². The fraction of sp³-hybridized carbons (Fsp3) is 0.600. The lowest BCUT2D eigenvalue weighted by Crippen LogP contribution is -2.40. The standard InChI is InChI=1S/C10H19N3O3S/c1-13(8-3-6-11)17(14,15)12-7-5-10-4-2-9-16-10/h2,4,9,12H,3,5-8,11H2,1H3. The third kappa shape index (κ3) is 4.86. The molecule has 3 N–H and O–H groups in total. The quantitative estimate of drug-likeness (QED) is 0.686. The Kier molecular flexibility index (Phi) is 5.63. The average Bonchev–Trinajstić information content (AvgIpc) is 2.78. The predicted molar refractivity (Wildman–Crippen MR) is 65.6 cm³/mol. The van der Waals surface area contributed by atoms with E-state index in [0.717, 1.165) is 5.76 Å². The lowest BCUT2D eigenvalue weighted by Gasteiger charge is -2.16. The summed E-state index contributed by atoms with van der Waals surface area (Å²) in [6.45, 7) is 1.22. The molecule has 0 aliphatic carbocycles. The lowest BCUT2D eigenvalue weighted by molar-refractivity contribution is 0.450. The number of nitrogens with zero attached hydrogens (tertiary/aromatic N) is 1. The van der Waals surface area contributed by atoms with Gasteiger partial charge in [-0.1, -0.05) is 0 Å². The van der Waals surface area contributed by atoms with Crippen molar-refractivity contribution < 1.29 is 12.8 Å². The van der Waals surface area contributed by atoms with Crippen LogP contribution >= 0.6 is 0 Å². The molecule has 0 radical (unpaired) electrons. The van der Waals surface area contributed by atoms with Crippen LogP contribution in [0.25, 0.3) is 0 Å². The fourth-order valence-corrected chi connectivity index (χ4v) is 2.25. The number of nitrogens with two attached hydrogens (primary N) is 1. The molecule has 7 heteroatoms. The second kappa shape index (κ2) is 6.75. The molecule has 0 aliphatic heterocycles. The highest BCUT2D eigenvalue weighted by atomic mass is 32.2. The van der Waals surface area contributed by atoms with Crippen LogP contribution in [0.2, 0.25) is 0 Å². The molecule has 0 atom stereocenters. The molecule has 0 amide bonds. The van der Waals surface area contributed by atoms with Gasteiger partial charge >= 0.3 is 0 Å². The zero-order valence-electron chi connectivity index (χ0n) is 9.93. The van der Waals surface area contributed by atoms with E-state index in [9.17, 15) is 8.42 Å². The van der Waals surface area contributed by atoms with Crippen molar-refractivity contribution in [1.82, 2.24) is 9.03 Å². The first-order valence-corrected chi connectivity index (χ1v) is 6.93. The molecule has 1 aromatic rings. The van der Waals surface area contributed by atoms with Crippen LogP contribution in [0.4, 0.5) is 0 Å². The van der Waals surface area contributed by atoms with Crippen molar-refractivity contribution in [2.75, 3.05) is 26.7 Å². The van der Waals surface area contributed by atoms with E-state index in [1.807, 2.05) is 6.07 Å². The van der Waals surface area contributed by atoms with E-state index in [4.69, 9.17) is 10.2 Å². The maximum Gasteiger partial charge on any atom is 0.279 e. The van der Waals surface area contributed by atoms with Gasteiger partial charge in [0.2, 0.25) is 0 Å². The number of hydrogen-bond donors (Lipinski definition) is 2. The molecule has 0 aliphatic rings. The summed E-state index contributed by atoms with van der Waals surface area (Å²) in [4.78, 5) is 0. The van der Waals surface area contributed by atoms with Gasteiger partial charge in [-0.25, -0.2) is 4.72 Å². The van der Waals surface area contributed by atoms with Crippen LogP contribution < -0.4 is 10.5 Å². The first-order valence-electron chi connectivity index (χ1n) is 5.49. The predicted octanol–water partition coefficient (Wildman–Crippen LogP) is -0.0629. The van der Waals surface area contributed by atoms with Crippen molar-refractivity contribution in [3.63, 3.8) is 0 Å². The Hall–Kier alpha value is -0.890. The molecule has 0 saturated heterocycles. The van der Waals surface area contributed by atoms with Crippen molar-refractivity contribution in [3.8, 4) is 0 Å². The third-order valence-corrected chi connectivity index (χ3v) is 3.90. The van der Waals surface area contributed by atoms with Gasteiger partial charge in [0.25, 0.3) is 10.2 Å². The Morgan fingerprint density at radius 2 is 2.29 bits per heavy atom. The molecule has 0 saturated carbocycles. The van der Waals surface area contributed by atoms with Gasteiger partial charge in [-0.15, -0.1) is 0 Å². The van der Waals surface area contributed by atoms with E-state index in [-0.39, 0.29) is 0 Å². The second-order valence-corrected chi connectivity index (χ2v) is 5.55. The lowest BCUT2D eigenvalue weighted by atomic mass is 10.3. The van der Waals surface area contributed by atoms with E-state index >= 15 is 0 Å². The summed E-state index contributed by atoms with van der Waals surface area (Å²) in [5.74, 6) is 0.761. The van der Waals surface area contributed by atoms with Crippen LogP contribution in [-0.2, 0) is 16.6 Å². The van der Waals surface area contributed by atoms with Gasteiger partial charge in [0, 0.05) is 26.6 Å². The van der Waals surface area contributed by atoms with Crippen LogP contribution in [0.3, 0.4) is 0 Å². The minimum atomic E-state index is -3.40. The van der Waals surface area contributed by atoms with E-state index in [1.54, 1.807) is 12.3 Å². The normalized spacial score (nSPS) is 12.2. The zero-order valence-corrected chi connectivity index (χ0v) is 10.7. The Morgan fingerprint density at radius 3 is 2.88 bits per heavy atom. The molecule has 0 unspecified atom stereocenters. The van der Waals surface area contributed by atoms with Crippen LogP contribution in [0.5, 0.6) is 0 Å². The highest BCUT2D eigenvalue weighted by molar-refractivity contribution is 7.87. The van der Waals surface area contributed by atoms with E-state index in [0.29, 0.717) is 32.5 Å². The summed E-state index contributed by atoms with van der Waals surface area (Å²) in [6.07, 6.45) is 2.75. The highest BCUT2D eigenvalue weighted by Crippen LogP contribution is 2.01. The molecule has 1 rings (SSSR count). The van der Waals surface area contributed by atoms with Gasteiger partial charge in [-0.2, -0.15) is 12.7 Å². The largest absolute Gasteiger partial charge is 0.469 e. The molecule has 1 heterocycles. The topological polar surface area (TPSA) is 88.6 Å². The van der Waals surface area contributed by atoms with Crippen molar-refractivity contribution in [2.24, 2.45) is 5.73 Å². The second-order valence-electron chi connectivity index (χ2n) is 3.69. The first kappa shape index (κ1) is 14.2. The van der Waals surface area contributed by atoms with Crippen molar-refractivity contribution in [3.05, 3.63) is 24.2 Å². The van der Waals surface area contributed by atoms with E-state index in [1.165, 1.54) is 11.4 Å². The Balaban J connectivity index is 2.33. The molecule has 17 heavy (non-hydrogen) atoms.